The zero-order valence-corrected chi connectivity index (χ0v) is 23.7. The van der Waals surface area contributed by atoms with Crippen molar-refractivity contribution in [2.24, 2.45) is 5.41 Å². The molecule has 0 unspecified atom stereocenters. The smallest absolute Gasteiger partial charge is 0.313 e. The number of esters is 1. The third-order valence-corrected chi connectivity index (χ3v) is 7.11. The molecule has 2 aromatic heterocycles. The quantitative estimate of drug-likeness (QED) is 0.520. The van der Waals surface area contributed by atoms with Crippen molar-refractivity contribution in [2.75, 3.05) is 29.9 Å². The van der Waals surface area contributed by atoms with Crippen molar-refractivity contribution in [2.45, 2.75) is 98.3 Å². The van der Waals surface area contributed by atoms with Gasteiger partial charge in [-0.1, -0.05) is 0 Å². The Balaban J connectivity index is 1.72. The van der Waals surface area contributed by atoms with Gasteiger partial charge in [0.15, 0.2) is 11.6 Å². The second-order valence-corrected chi connectivity index (χ2v) is 12.8. The second kappa shape index (κ2) is 9.89. The van der Waals surface area contributed by atoms with Crippen LogP contribution in [0.1, 0.15) is 79.1 Å². The summed E-state index contributed by atoms with van der Waals surface area (Å²) < 4.78 is 23.8. The summed E-state index contributed by atoms with van der Waals surface area (Å²) in [7, 11) is 0. The first-order valence-electron chi connectivity index (χ1n) is 13.4. The van der Waals surface area contributed by atoms with Crippen molar-refractivity contribution < 1.29 is 13.9 Å². The minimum absolute atomic E-state index is 0.116. The average molecular weight is 515 g/mol. The molecule has 0 spiro atoms. The van der Waals surface area contributed by atoms with E-state index in [0.29, 0.717) is 42.4 Å². The van der Waals surface area contributed by atoms with E-state index < -0.39 is 11.0 Å². The molecule has 2 aliphatic rings. The molecule has 2 N–H and O–H groups in total. The molecule has 2 fully saturated rings. The Kier molecular flexibility index (Phi) is 7.31. The van der Waals surface area contributed by atoms with Crippen molar-refractivity contribution in [1.29, 1.82) is 0 Å². The Morgan fingerprint density at radius 3 is 2.46 bits per heavy atom. The number of hydrogen-bond acceptors (Lipinski definition) is 7. The van der Waals surface area contributed by atoms with E-state index in [0.717, 1.165) is 25.2 Å². The molecule has 4 heterocycles. The lowest BCUT2D eigenvalue weighted by molar-refractivity contribution is -0.170. The fourth-order valence-electron chi connectivity index (χ4n) is 5.32. The zero-order valence-electron chi connectivity index (χ0n) is 23.7. The van der Waals surface area contributed by atoms with Crippen molar-refractivity contribution >= 4 is 23.3 Å². The number of aromatic nitrogens is 3. The molecular formula is C28H43FN6O2. The highest BCUT2D eigenvalue weighted by Crippen LogP contribution is 2.40. The van der Waals surface area contributed by atoms with E-state index in [-0.39, 0.29) is 29.8 Å². The first kappa shape index (κ1) is 27.4. The highest BCUT2D eigenvalue weighted by molar-refractivity contribution is 5.78. The van der Waals surface area contributed by atoms with E-state index in [1.807, 2.05) is 43.3 Å². The fraction of sp³-hybridized carbons (Fsp3) is 0.679. The maximum Gasteiger partial charge on any atom is 0.313 e. The van der Waals surface area contributed by atoms with Crippen molar-refractivity contribution in [3.05, 3.63) is 29.3 Å². The fourth-order valence-corrected chi connectivity index (χ4v) is 5.32. The zero-order chi connectivity index (χ0) is 27.2. The molecular weight excluding hydrogens is 471 g/mol. The molecule has 4 rings (SSSR count). The molecule has 0 amide bonds. The monoisotopic (exact) mass is 514 g/mol. The Morgan fingerprint density at radius 1 is 1.22 bits per heavy atom. The summed E-state index contributed by atoms with van der Waals surface area (Å²) in [4.78, 5) is 20.3. The largest absolute Gasteiger partial charge is 0.460 e. The summed E-state index contributed by atoms with van der Waals surface area (Å²) in [5.74, 6) is 0.552. The van der Waals surface area contributed by atoms with Crippen LogP contribution in [0.25, 0.3) is 0 Å². The average Bonchev–Trinajstić information content (AvgIpc) is 3.09. The van der Waals surface area contributed by atoms with Gasteiger partial charge in [0.05, 0.1) is 22.3 Å². The van der Waals surface area contributed by atoms with Crippen LogP contribution >= 0.6 is 0 Å². The summed E-state index contributed by atoms with van der Waals surface area (Å²) >= 11 is 0. The van der Waals surface area contributed by atoms with Crippen LogP contribution in [0.2, 0.25) is 0 Å². The van der Waals surface area contributed by atoms with Crippen LogP contribution in [0.15, 0.2) is 12.1 Å². The van der Waals surface area contributed by atoms with Crippen molar-refractivity contribution in [3.8, 4) is 0 Å². The Hall–Kier alpha value is -2.68. The first-order chi connectivity index (χ1) is 17.2. The van der Waals surface area contributed by atoms with E-state index in [1.165, 1.54) is 0 Å². The molecule has 2 atom stereocenters. The number of nitrogens with one attached hydrogen (secondary N) is 2. The van der Waals surface area contributed by atoms with Crippen molar-refractivity contribution in [1.82, 2.24) is 20.1 Å². The predicted octanol–water partition coefficient (Wildman–Crippen LogP) is 5.08. The third-order valence-electron chi connectivity index (χ3n) is 7.11. The molecule has 204 valence electrons. The molecule has 37 heavy (non-hydrogen) atoms. The summed E-state index contributed by atoms with van der Waals surface area (Å²) in [6, 6.07) is 3.84. The number of halogens is 1. The maximum absolute atomic E-state index is 16.0. The van der Waals surface area contributed by atoms with Gasteiger partial charge >= 0.3 is 5.97 Å². The van der Waals surface area contributed by atoms with Gasteiger partial charge in [-0.15, -0.1) is 0 Å². The molecule has 0 aromatic carbocycles. The predicted molar refractivity (Wildman–Crippen MR) is 145 cm³/mol. The van der Waals surface area contributed by atoms with Gasteiger partial charge in [-0.25, -0.2) is 9.37 Å². The topological polar surface area (TPSA) is 84.3 Å². The Labute approximate surface area is 220 Å². The van der Waals surface area contributed by atoms with Gasteiger partial charge in [0, 0.05) is 43.4 Å². The van der Waals surface area contributed by atoms with Crippen LogP contribution in [0, 0.1) is 18.2 Å². The first-order valence-corrected chi connectivity index (χ1v) is 13.4. The van der Waals surface area contributed by atoms with Gasteiger partial charge < -0.3 is 20.3 Å². The van der Waals surface area contributed by atoms with Gasteiger partial charge in [0.2, 0.25) is 0 Å². The normalized spacial score (nSPS) is 22.5. The van der Waals surface area contributed by atoms with Crippen LogP contribution < -0.4 is 15.5 Å². The second-order valence-electron chi connectivity index (χ2n) is 12.8. The van der Waals surface area contributed by atoms with Crippen LogP contribution in [-0.4, -0.2) is 52.0 Å². The lowest BCUT2D eigenvalue weighted by Gasteiger charge is -2.40. The number of anilines is 3. The maximum atomic E-state index is 16.0. The van der Waals surface area contributed by atoms with Gasteiger partial charge in [-0.3, -0.25) is 9.48 Å². The minimum atomic E-state index is -0.846. The third kappa shape index (κ3) is 6.08. The summed E-state index contributed by atoms with van der Waals surface area (Å²) in [6.07, 6.45) is 2.35. The van der Waals surface area contributed by atoms with E-state index >= 15 is 4.39 Å². The number of ether oxygens (including phenoxy) is 1. The SMILES string of the molecule is Cc1cc(Nc2cc(N3CCC3)c(F)c(C[C@@]3(C(=O)OC(C)(C)C)CCN[C@H](C)C3)n2)nn1C(C)(C)C. The molecule has 0 bridgehead atoms. The summed E-state index contributed by atoms with van der Waals surface area (Å²) in [5, 5.41) is 11.4. The number of pyridine rings is 1. The molecule has 2 saturated heterocycles. The van der Waals surface area contributed by atoms with Gasteiger partial charge in [-0.2, -0.15) is 5.10 Å². The number of aryl methyl sites for hydroxylation is 1. The molecule has 8 nitrogen and oxygen atoms in total. The molecule has 2 aliphatic heterocycles. The number of nitrogens with zero attached hydrogens (tertiary/aromatic N) is 4. The molecule has 9 heteroatoms. The lowest BCUT2D eigenvalue weighted by atomic mass is 9.72. The van der Waals surface area contributed by atoms with E-state index in [2.05, 4.69) is 38.3 Å². The standard InChI is InChI=1S/C28H43FN6O2/c1-18-16-28(10-11-30-18,25(36)37-27(6,7)8)17-20-24(29)21(34-12-9-13-34)15-22(31-20)32-23-14-19(2)35(33-23)26(3,4)5/h14-15,18,30H,9-13,16-17H2,1-8H3,(H,31,32,33)/t18-,28-/m1/s1. The molecule has 2 aromatic rings. The van der Waals surface area contributed by atoms with Crippen LogP contribution in [-0.2, 0) is 21.5 Å². The van der Waals surface area contributed by atoms with E-state index in [1.54, 1.807) is 6.07 Å². The van der Waals surface area contributed by atoms with Gasteiger partial charge in [-0.05, 0) is 81.2 Å². The van der Waals surface area contributed by atoms with E-state index in [4.69, 9.17) is 14.8 Å². The Morgan fingerprint density at radius 2 is 1.92 bits per heavy atom. The van der Waals surface area contributed by atoms with Gasteiger partial charge in [0.25, 0.3) is 0 Å². The van der Waals surface area contributed by atoms with Crippen LogP contribution in [0.4, 0.5) is 21.7 Å². The molecule has 0 radical (unpaired) electrons. The van der Waals surface area contributed by atoms with Crippen molar-refractivity contribution in [3.63, 3.8) is 0 Å². The number of rotatable bonds is 6. The van der Waals surface area contributed by atoms with Crippen LogP contribution in [0.5, 0.6) is 0 Å². The van der Waals surface area contributed by atoms with Gasteiger partial charge in [0.1, 0.15) is 11.4 Å². The summed E-state index contributed by atoms with van der Waals surface area (Å²) in [5.41, 5.74) is 0.194. The summed E-state index contributed by atoms with van der Waals surface area (Å²) in [6.45, 7) is 18.2. The lowest BCUT2D eigenvalue weighted by Crippen LogP contribution is -2.50. The highest BCUT2D eigenvalue weighted by atomic mass is 19.1. The number of carbonyl (C=O) groups excluding carboxylic acids is 1. The highest BCUT2D eigenvalue weighted by Gasteiger charge is 2.45. The van der Waals surface area contributed by atoms with Crippen LogP contribution in [0.3, 0.4) is 0 Å². The number of piperidine rings is 1. The van der Waals surface area contributed by atoms with E-state index in [9.17, 15) is 4.79 Å². The number of hydrogen-bond donors (Lipinski definition) is 2. The molecule has 0 saturated carbocycles. The molecule has 0 aliphatic carbocycles. The minimum Gasteiger partial charge on any atom is -0.460 e. The Bertz CT molecular complexity index is 1140. The number of carbonyl (C=O) groups is 1.